The van der Waals surface area contributed by atoms with Crippen LogP contribution in [0.3, 0.4) is 0 Å². The van der Waals surface area contributed by atoms with Gasteiger partial charge in [-0.2, -0.15) is 0 Å². The van der Waals surface area contributed by atoms with E-state index in [1.807, 2.05) is 32.0 Å². The second-order valence-corrected chi connectivity index (χ2v) is 10.5. The number of aliphatic hydroxyl groups is 1. The average Bonchev–Trinajstić information content (AvgIpc) is 3.22. The summed E-state index contributed by atoms with van der Waals surface area (Å²) in [5.41, 5.74) is 9.59. The molecule has 9 nitrogen and oxygen atoms in total. The van der Waals surface area contributed by atoms with E-state index in [2.05, 4.69) is 33.7 Å². The van der Waals surface area contributed by atoms with Crippen LogP contribution in [-0.4, -0.2) is 70.2 Å². The number of nitrogens with one attached hydrogen (secondary N) is 1. The number of aromatic nitrogens is 3. The number of nitrogens with two attached hydrogens (primary N) is 1. The molecule has 194 valence electrons. The third kappa shape index (κ3) is 5.96. The van der Waals surface area contributed by atoms with Gasteiger partial charge in [0.1, 0.15) is 0 Å². The van der Waals surface area contributed by atoms with Gasteiger partial charge in [0, 0.05) is 29.9 Å². The SMILES string of the molecule is COc1cc(-c2[nH]c3ccc(OCC4CCN(CC(C)(C)O)CC4)nc3c2C(C)C)cnc1N=CN. The summed E-state index contributed by atoms with van der Waals surface area (Å²) in [5, 5.41) is 10.1. The fourth-order valence-electron chi connectivity index (χ4n) is 4.89. The molecule has 3 aromatic heterocycles. The molecule has 0 atom stereocenters. The smallest absolute Gasteiger partial charge is 0.213 e. The van der Waals surface area contributed by atoms with E-state index in [-0.39, 0.29) is 5.92 Å². The van der Waals surface area contributed by atoms with Crippen molar-refractivity contribution in [2.24, 2.45) is 16.6 Å². The maximum Gasteiger partial charge on any atom is 0.213 e. The largest absolute Gasteiger partial charge is 0.493 e. The Morgan fingerprint density at radius 2 is 2.06 bits per heavy atom. The molecule has 0 amide bonds. The first-order valence-electron chi connectivity index (χ1n) is 12.6. The highest BCUT2D eigenvalue weighted by molar-refractivity contribution is 5.89. The number of piperidine rings is 1. The van der Waals surface area contributed by atoms with Gasteiger partial charge in [0.2, 0.25) is 5.88 Å². The first-order chi connectivity index (χ1) is 17.2. The molecule has 4 N–H and O–H groups in total. The minimum atomic E-state index is -0.659. The average molecular weight is 495 g/mol. The van der Waals surface area contributed by atoms with E-state index in [4.69, 9.17) is 20.2 Å². The maximum absolute atomic E-state index is 10.1. The Bertz CT molecular complexity index is 1210. The molecule has 0 unspecified atom stereocenters. The van der Waals surface area contributed by atoms with Crippen molar-refractivity contribution in [3.05, 3.63) is 30.0 Å². The normalized spacial score (nSPS) is 15.9. The number of rotatable bonds is 9. The summed E-state index contributed by atoms with van der Waals surface area (Å²) < 4.78 is 11.6. The van der Waals surface area contributed by atoms with Gasteiger partial charge in [-0.15, -0.1) is 0 Å². The van der Waals surface area contributed by atoms with E-state index in [9.17, 15) is 5.11 Å². The van der Waals surface area contributed by atoms with Crippen LogP contribution in [0.15, 0.2) is 29.4 Å². The summed E-state index contributed by atoms with van der Waals surface area (Å²) >= 11 is 0. The molecule has 3 aromatic rings. The van der Waals surface area contributed by atoms with Crippen LogP contribution < -0.4 is 15.2 Å². The summed E-state index contributed by atoms with van der Waals surface area (Å²) in [4.78, 5) is 19.2. The lowest BCUT2D eigenvalue weighted by molar-refractivity contribution is 0.0211. The molecule has 0 aromatic carbocycles. The third-order valence-electron chi connectivity index (χ3n) is 6.55. The summed E-state index contributed by atoms with van der Waals surface area (Å²) in [6, 6.07) is 5.86. The van der Waals surface area contributed by atoms with Crippen LogP contribution >= 0.6 is 0 Å². The van der Waals surface area contributed by atoms with Crippen LogP contribution in [0.25, 0.3) is 22.3 Å². The van der Waals surface area contributed by atoms with Gasteiger partial charge in [-0.25, -0.2) is 15.0 Å². The number of aliphatic imine (C=N–C) groups is 1. The van der Waals surface area contributed by atoms with E-state index >= 15 is 0 Å². The van der Waals surface area contributed by atoms with E-state index in [0.29, 0.717) is 36.5 Å². The lowest BCUT2D eigenvalue weighted by Gasteiger charge is -2.35. The molecule has 4 heterocycles. The number of likely N-dealkylation sites (tertiary alicyclic amines) is 1. The Balaban J connectivity index is 1.52. The summed E-state index contributed by atoms with van der Waals surface area (Å²) in [6.07, 6.45) is 5.09. The number of methoxy groups -OCH3 is 1. The topological polar surface area (TPSA) is 122 Å². The zero-order valence-corrected chi connectivity index (χ0v) is 21.9. The van der Waals surface area contributed by atoms with Crippen LogP contribution in [0, 0.1) is 5.92 Å². The molecule has 9 heteroatoms. The van der Waals surface area contributed by atoms with Gasteiger partial charge in [0.05, 0.1) is 42.4 Å². The second-order valence-electron chi connectivity index (χ2n) is 10.5. The first-order valence-corrected chi connectivity index (χ1v) is 12.6. The van der Waals surface area contributed by atoms with Crippen LogP contribution in [0.2, 0.25) is 0 Å². The van der Waals surface area contributed by atoms with Crippen molar-refractivity contribution in [3.63, 3.8) is 0 Å². The van der Waals surface area contributed by atoms with Gasteiger partial charge in [-0.05, 0) is 63.7 Å². The molecule has 0 bridgehead atoms. The Labute approximate surface area is 212 Å². The molecule has 36 heavy (non-hydrogen) atoms. The standard InChI is InChI=1S/C27H38N6O3/c1-17(2)23-24(19-12-21(35-5)26(29-13-19)30-16-28)31-20-6-7-22(32-25(20)23)36-14-18-8-10-33(11-9-18)15-27(3,4)34/h6-7,12-13,16-18,31,34H,8-11,14-15H2,1-5H3,(H2,28,29,30). The highest BCUT2D eigenvalue weighted by Crippen LogP contribution is 2.38. The number of pyridine rings is 2. The molecule has 0 aliphatic carbocycles. The number of nitrogens with zero attached hydrogens (tertiary/aromatic N) is 4. The first kappa shape index (κ1) is 25.9. The van der Waals surface area contributed by atoms with Crippen molar-refractivity contribution in [1.82, 2.24) is 19.9 Å². The van der Waals surface area contributed by atoms with Crippen molar-refractivity contribution < 1.29 is 14.6 Å². The number of aromatic amines is 1. The minimum absolute atomic E-state index is 0.226. The van der Waals surface area contributed by atoms with Gasteiger partial charge in [0.25, 0.3) is 0 Å². The lowest BCUT2D eigenvalue weighted by Crippen LogP contribution is -2.43. The third-order valence-corrected chi connectivity index (χ3v) is 6.55. The van der Waals surface area contributed by atoms with Gasteiger partial charge in [0.15, 0.2) is 11.6 Å². The fraction of sp³-hybridized carbons (Fsp3) is 0.519. The maximum atomic E-state index is 10.1. The van der Waals surface area contributed by atoms with Crippen molar-refractivity contribution in [2.75, 3.05) is 33.4 Å². The van der Waals surface area contributed by atoms with Gasteiger partial charge >= 0.3 is 0 Å². The van der Waals surface area contributed by atoms with Gasteiger partial charge < -0.3 is 30.2 Å². The van der Waals surface area contributed by atoms with Crippen LogP contribution in [0.5, 0.6) is 11.6 Å². The Morgan fingerprint density at radius 3 is 2.69 bits per heavy atom. The van der Waals surface area contributed by atoms with E-state index in [1.165, 1.54) is 6.34 Å². The molecule has 1 aliphatic heterocycles. The van der Waals surface area contributed by atoms with Crippen molar-refractivity contribution in [1.29, 1.82) is 0 Å². The molecule has 0 radical (unpaired) electrons. The number of H-pyrrole nitrogens is 1. The Kier molecular flexibility index (Phi) is 7.80. The molecule has 1 fully saturated rings. The van der Waals surface area contributed by atoms with Crippen molar-refractivity contribution in [2.45, 2.75) is 52.1 Å². The number of ether oxygens (including phenoxy) is 2. The quantitative estimate of drug-likeness (QED) is 0.300. The lowest BCUT2D eigenvalue weighted by atomic mass is 9.96. The number of fused-ring (bicyclic) bond motifs is 1. The highest BCUT2D eigenvalue weighted by atomic mass is 16.5. The van der Waals surface area contributed by atoms with Crippen LogP contribution in [0.4, 0.5) is 5.82 Å². The number of hydrogen-bond donors (Lipinski definition) is 3. The zero-order valence-electron chi connectivity index (χ0n) is 21.9. The highest BCUT2D eigenvalue weighted by Gasteiger charge is 2.25. The monoisotopic (exact) mass is 494 g/mol. The predicted molar refractivity (Wildman–Crippen MR) is 143 cm³/mol. The molecule has 0 saturated carbocycles. The molecule has 1 aliphatic rings. The summed E-state index contributed by atoms with van der Waals surface area (Å²) in [6.45, 7) is 11.3. The van der Waals surface area contributed by atoms with Crippen molar-refractivity contribution in [3.8, 4) is 22.9 Å². The van der Waals surface area contributed by atoms with Crippen LogP contribution in [-0.2, 0) is 0 Å². The van der Waals surface area contributed by atoms with E-state index in [1.54, 1.807) is 13.3 Å². The van der Waals surface area contributed by atoms with E-state index in [0.717, 1.165) is 53.8 Å². The van der Waals surface area contributed by atoms with Gasteiger partial charge in [-0.3, -0.25) is 0 Å². The number of hydrogen-bond acceptors (Lipinski definition) is 7. The van der Waals surface area contributed by atoms with Crippen molar-refractivity contribution >= 4 is 23.2 Å². The van der Waals surface area contributed by atoms with Crippen LogP contribution in [0.1, 0.15) is 52.0 Å². The Morgan fingerprint density at radius 1 is 1.31 bits per heavy atom. The zero-order chi connectivity index (χ0) is 25.9. The predicted octanol–water partition coefficient (Wildman–Crippen LogP) is 4.24. The number of β-amino-alcohol motifs (C(OH)–C–C–N with tert-alkyl or cyclic N) is 1. The summed E-state index contributed by atoms with van der Waals surface area (Å²) in [5.74, 6) is 2.33. The molecule has 1 saturated heterocycles. The fourth-order valence-corrected chi connectivity index (χ4v) is 4.89. The minimum Gasteiger partial charge on any atom is -0.493 e. The summed E-state index contributed by atoms with van der Waals surface area (Å²) in [7, 11) is 1.59. The molecule has 4 rings (SSSR count). The second kappa shape index (κ2) is 10.8. The van der Waals surface area contributed by atoms with Gasteiger partial charge in [-0.1, -0.05) is 13.8 Å². The Hall–Kier alpha value is -3.17. The molecular formula is C27H38N6O3. The molecular weight excluding hydrogens is 456 g/mol. The van der Waals surface area contributed by atoms with E-state index < -0.39 is 5.60 Å². The molecule has 0 spiro atoms.